The molecule has 2 aliphatic heterocycles. The van der Waals surface area contributed by atoms with Crippen molar-refractivity contribution in [2.24, 2.45) is 0 Å². The largest absolute Gasteiger partial charge is 0.457 e. The first-order chi connectivity index (χ1) is 14.0. The van der Waals surface area contributed by atoms with Crippen LogP contribution >= 0.6 is 0 Å². The van der Waals surface area contributed by atoms with Crippen LogP contribution in [0.25, 0.3) is 0 Å². The van der Waals surface area contributed by atoms with E-state index in [0.717, 1.165) is 35.4 Å². The van der Waals surface area contributed by atoms with Gasteiger partial charge in [-0.1, -0.05) is 12.1 Å². The summed E-state index contributed by atoms with van der Waals surface area (Å²) in [7, 11) is -3.61. The molecular formula is C22H21N3O3S. The first-order valence-corrected chi connectivity index (χ1v) is 11.1. The van der Waals surface area contributed by atoms with Crippen LogP contribution < -0.4 is 4.74 Å². The van der Waals surface area contributed by atoms with Gasteiger partial charge in [-0.15, -0.1) is 0 Å². The molecule has 2 aromatic carbocycles. The monoisotopic (exact) mass is 407 g/mol. The highest BCUT2D eigenvalue weighted by molar-refractivity contribution is 7.89. The molecule has 2 unspecified atom stereocenters. The van der Waals surface area contributed by atoms with Crippen LogP contribution in [0.4, 0.5) is 0 Å². The van der Waals surface area contributed by atoms with Crippen molar-refractivity contribution in [3.8, 4) is 11.5 Å². The molecule has 1 saturated heterocycles. The van der Waals surface area contributed by atoms with E-state index in [0.29, 0.717) is 12.2 Å². The molecule has 148 valence electrons. The summed E-state index contributed by atoms with van der Waals surface area (Å²) in [5.74, 6) is 1.33. The number of ether oxygens (including phenoxy) is 1. The van der Waals surface area contributed by atoms with Crippen LogP contribution in [0.1, 0.15) is 35.7 Å². The number of fused-ring (bicyclic) bond motifs is 4. The Hall–Kier alpha value is -2.77. The molecular weight excluding hydrogens is 386 g/mol. The Bertz CT molecular complexity index is 1160. The topological polar surface area (TPSA) is 72.4 Å². The van der Waals surface area contributed by atoms with Gasteiger partial charge in [0.2, 0.25) is 10.0 Å². The fourth-order valence-electron chi connectivity index (χ4n) is 4.36. The molecule has 5 rings (SSSR count). The fraction of sp³-hybridized carbons (Fsp3) is 0.273. The van der Waals surface area contributed by atoms with Gasteiger partial charge in [-0.2, -0.15) is 4.31 Å². The third-order valence-corrected chi connectivity index (χ3v) is 7.66. The lowest BCUT2D eigenvalue weighted by atomic mass is 10.0. The number of aromatic nitrogens is 2. The standard InChI is InChI=1S/C22H21N3O3S/c1-15-3-2-4-18(11-15)28-17-6-8-19(9-7-17)29(26,27)25-16-5-10-22(25)20-13-23-14-24-21(20)12-16/h2-4,6-9,11,13-14,16,22H,5,10,12H2,1H3. The van der Waals surface area contributed by atoms with Crippen LogP contribution in [0.2, 0.25) is 0 Å². The van der Waals surface area contributed by atoms with Crippen molar-refractivity contribution < 1.29 is 13.2 Å². The smallest absolute Gasteiger partial charge is 0.243 e. The SMILES string of the molecule is Cc1cccc(Oc2ccc(S(=O)(=O)N3C4CCC3c3cncnc3C4)cc2)c1. The third-order valence-electron chi connectivity index (χ3n) is 5.68. The van der Waals surface area contributed by atoms with Crippen molar-refractivity contribution in [3.63, 3.8) is 0 Å². The van der Waals surface area contributed by atoms with Crippen LogP contribution in [-0.4, -0.2) is 28.7 Å². The molecule has 0 saturated carbocycles. The maximum absolute atomic E-state index is 13.4. The Morgan fingerprint density at radius 3 is 2.69 bits per heavy atom. The minimum atomic E-state index is -3.61. The molecule has 7 heteroatoms. The number of hydrogen-bond acceptors (Lipinski definition) is 5. The average molecular weight is 407 g/mol. The van der Waals surface area contributed by atoms with E-state index in [4.69, 9.17) is 4.74 Å². The van der Waals surface area contributed by atoms with Gasteiger partial charge in [-0.3, -0.25) is 0 Å². The lowest BCUT2D eigenvalue weighted by molar-refractivity contribution is 0.300. The molecule has 0 radical (unpaired) electrons. The number of aryl methyl sites for hydroxylation is 1. The quantitative estimate of drug-likeness (QED) is 0.653. The third kappa shape index (κ3) is 3.20. The second-order valence-electron chi connectivity index (χ2n) is 7.60. The van der Waals surface area contributed by atoms with Gasteiger partial charge in [0.25, 0.3) is 0 Å². The average Bonchev–Trinajstić information content (AvgIpc) is 3.05. The minimum absolute atomic E-state index is 0.0457. The molecule has 0 spiro atoms. The van der Waals surface area contributed by atoms with E-state index in [1.165, 1.54) is 6.33 Å². The first kappa shape index (κ1) is 18.3. The number of sulfonamides is 1. The van der Waals surface area contributed by atoms with Crippen LogP contribution in [0, 0.1) is 6.92 Å². The maximum Gasteiger partial charge on any atom is 0.243 e. The molecule has 3 heterocycles. The summed E-state index contributed by atoms with van der Waals surface area (Å²) in [6.07, 6.45) is 5.58. The molecule has 0 aliphatic carbocycles. The highest BCUT2D eigenvalue weighted by Crippen LogP contribution is 2.45. The van der Waals surface area contributed by atoms with Crippen LogP contribution in [0.3, 0.4) is 0 Å². The maximum atomic E-state index is 13.4. The van der Waals surface area contributed by atoms with Crippen molar-refractivity contribution in [2.45, 2.75) is 43.2 Å². The summed E-state index contributed by atoms with van der Waals surface area (Å²) in [4.78, 5) is 8.75. The predicted molar refractivity (Wildman–Crippen MR) is 108 cm³/mol. The summed E-state index contributed by atoms with van der Waals surface area (Å²) < 4.78 is 34.3. The van der Waals surface area contributed by atoms with Gasteiger partial charge < -0.3 is 4.74 Å². The molecule has 2 atom stereocenters. The van der Waals surface area contributed by atoms with Crippen molar-refractivity contribution in [1.82, 2.24) is 14.3 Å². The molecule has 0 amide bonds. The van der Waals surface area contributed by atoms with Gasteiger partial charge >= 0.3 is 0 Å². The molecule has 1 aromatic heterocycles. The van der Waals surface area contributed by atoms with E-state index in [2.05, 4.69) is 9.97 Å². The second kappa shape index (κ2) is 6.93. The zero-order valence-electron chi connectivity index (χ0n) is 16.0. The summed E-state index contributed by atoms with van der Waals surface area (Å²) in [5.41, 5.74) is 3.01. The van der Waals surface area contributed by atoms with Crippen molar-refractivity contribution in [2.75, 3.05) is 0 Å². The molecule has 6 nitrogen and oxygen atoms in total. The van der Waals surface area contributed by atoms with E-state index >= 15 is 0 Å². The van der Waals surface area contributed by atoms with Gasteiger partial charge in [0.15, 0.2) is 0 Å². The predicted octanol–water partition coefficient (Wildman–Crippen LogP) is 4.03. The highest BCUT2D eigenvalue weighted by atomic mass is 32.2. The lowest BCUT2D eigenvalue weighted by Crippen LogP contribution is -2.42. The Balaban J connectivity index is 1.42. The van der Waals surface area contributed by atoms with Crippen molar-refractivity contribution in [3.05, 3.63) is 77.9 Å². The van der Waals surface area contributed by atoms with Gasteiger partial charge in [-0.05, 0) is 61.7 Å². The molecule has 2 bridgehead atoms. The van der Waals surface area contributed by atoms with Crippen LogP contribution in [0.5, 0.6) is 11.5 Å². The first-order valence-electron chi connectivity index (χ1n) is 9.69. The van der Waals surface area contributed by atoms with Gasteiger partial charge in [0.05, 0.1) is 16.6 Å². The van der Waals surface area contributed by atoms with E-state index < -0.39 is 10.0 Å². The Morgan fingerprint density at radius 1 is 1.07 bits per heavy atom. The highest BCUT2D eigenvalue weighted by Gasteiger charge is 2.47. The Kier molecular flexibility index (Phi) is 4.37. The van der Waals surface area contributed by atoms with E-state index in [9.17, 15) is 8.42 Å². The zero-order valence-corrected chi connectivity index (χ0v) is 16.8. The van der Waals surface area contributed by atoms with E-state index in [-0.39, 0.29) is 17.0 Å². The zero-order chi connectivity index (χ0) is 20.0. The second-order valence-corrected chi connectivity index (χ2v) is 9.44. The van der Waals surface area contributed by atoms with E-state index in [1.807, 2.05) is 31.2 Å². The normalized spacial score (nSPS) is 21.0. The molecule has 29 heavy (non-hydrogen) atoms. The van der Waals surface area contributed by atoms with Crippen LogP contribution in [0.15, 0.2) is 66.0 Å². The van der Waals surface area contributed by atoms with Gasteiger partial charge in [-0.25, -0.2) is 18.4 Å². The number of hydrogen-bond donors (Lipinski definition) is 0. The molecule has 3 aromatic rings. The van der Waals surface area contributed by atoms with Crippen molar-refractivity contribution >= 4 is 10.0 Å². The van der Waals surface area contributed by atoms with Crippen molar-refractivity contribution in [1.29, 1.82) is 0 Å². The Morgan fingerprint density at radius 2 is 1.90 bits per heavy atom. The Labute approximate surface area is 170 Å². The summed E-state index contributed by atoms with van der Waals surface area (Å²) in [6.45, 7) is 2.00. The summed E-state index contributed by atoms with van der Waals surface area (Å²) in [5, 5.41) is 0. The molecule has 0 N–H and O–H groups in total. The fourth-order valence-corrected chi connectivity index (χ4v) is 6.21. The minimum Gasteiger partial charge on any atom is -0.457 e. The summed E-state index contributed by atoms with van der Waals surface area (Å²) in [6, 6.07) is 14.2. The van der Waals surface area contributed by atoms with Gasteiger partial charge in [0.1, 0.15) is 17.8 Å². The van der Waals surface area contributed by atoms with E-state index in [1.54, 1.807) is 34.8 Å². The number of rotatable bonds is 4. The lowest BCUT2D eigenvalue weighted by Gasteiger charge is -2.34. The summed E-state index contributed by atoms with van der Waals surface area (Å²) >= 11 is 0. The van der Waals surface area contributed by atoms with Crippen LogP contribution in [-0.2, 0) is 16.4 Å². The molecule has 2 aliphatic rings. The molecule has 1 fully saturated rings. The van der Waals surface area contributed by atoms with Gasteiger partial charge in [0, 0.05) is 24.2 Å². The number of nitrogens with zero attached hydrogens (tertiary/aromatic N) is 3. The number of benzene rings is 2.